The highest BCUT2D eigenvalue weighted by molar-refractivity contribution is 4.58. The number of likely N-dealkylation sites (N-methyl/N-ethyl adjacent to an activating group) is 1. The van der Waals surface area contributed by atoms with E-state index in [2.05, 4.69) is 23.7 Å². The molecular formula is C16H29F6NO8. The first-order valence-corrected chi connectivity index (χ1v) is 9.07. The standard InChI is InChI=1S/C16H29F6NO8/c1-23(2)3-5-26-7-8-28-11-14(17,18)30-16(21,22)31-15(19,20)12-29-10-13(25)9-27-6-4-24/h13,24-25H,3-12H2,1-2H3. The Hall–Kier alpha value is -0.780. The van der Waals surface area contributed by atoms with Gasteiger partial charge in [0.05, 0.1) is 46.2 Å². The van der Waals surface area contributed by atoms with E-state index in [0.29, 0.717) is 13.2 Å². The van der Waals surface area contributed by atoms with Crippen LogP contribution in [-0.4, -0.2) is 120 Å². The second kappa shape index (κ2) is 15.1. The van der Waals surface area contributed by atoms with Gasteiger partial charge in [-0.15, -0.1) is 8.78 Å². The van der Waals surface area contributed by atoms with Crippen molar-refractivity contribution in [1.82, 2.24) is 4.90 Å². The lowest BCUT2D eigenvalue weighted by Gasteiger charge is -2.26. The monoisotopic (exact) mass is 477 g/mol. The topological polar surface area (TPSA) is 99.1 Å². The van der Waals surface area contributed by atoms with E-state index in [-0.39, 0.29) is 33.0 Å². The predicted molar refractivity (Wildman–Crippen MR) is 91.9 cm³/mol. The first-order valence-electron chi connectivity index (χ1n) is 9.07. The summed E-state index contributed by atoms with van der Waals surface area (Å²) in [6.07, 6.45) is -16.1. The number of aliphatic hydroxyl groups excluding tert-OH is 2. The largest absolute Gasteiger partial charge is 0.495 e. The summed E-state index contributed by atoms with van der Waals surface area (Å²) in [6.45, 7) is -4.63. The number of halogens is 6. The van der Waals surface area contributed by atoms with Gasteiger partial charge in [0.15, 0.2) is 0 Å². The van der Waals surface area contributed by atoms with Gasteiger partial charge >= 0.3 is 18.5 Å². The third kappa shape index (κ3) is 18.5. The fraction of sp³-hybridized carbons (Fsp3) is 1.00. The van der Waals surface area contributed by atoms with Crippen molar-refractivity contribution in [1.29, 1.82) is 0 Å². The summed E-state index contributed by atoms with van der Waals surface area (Å²) in [6, 6.07) is 0. The van der Waals surface area contributed by atoms with Crippen molar-refractivity contribution in [2.24, 2.45) is 0 Å². The molecule has 0 aliphatic carbocycles. The Morgan fingerprint density at radius 1 is 0.742 bits per heavy atom. The van der Waals surface area contributed by atoms with Crippen molar-refractivity contribution in [2.75, 3.05) is 80.1 Å². The van der Waals surface area contributed by atoms with Crippen LogP contribution in [0.1, 0.15) is 0 Å². The van der Waals surface area contributed by atoms with Crippen LogP contribution in [0.3, 0.4) is 0 Å². The summed E-state index contributed by atoms with van der Waals surface area (Å²) >= 11 is 0. The second-order valence-corrected chi connectivity index (χ2v) is 6.38. The molecule has 31 heavy (non-hydrogen) atoms. The van der Waals surface area contributed by atoms with Crippen molar-refractivity contribution in [3.63, 3.8) is 0 Å². The summed E-state index contributed by atoms with van der Waals surface area (Å²) in [5.74, 6) is 0. The lowest BCUT2D eigenvalue weighted by atomic mass is 10.4. The first-order chi connectivity index (χ1) is 14.3. The molecular weight excluding hydrogens is 448 g/mol. The van der Waals surface area contributed by atoms with Crippen molar-refractivity contribution >= 4 is 0 Å². The van der Waals surface area contributed by atoms with Crippen LogP contribution in [0.5, 0.6) is 0 Å². The van der Waals surface area contributed by atoms with Crippen LogP contribution in [0.25, 0.3) is 0 Å². The average Bonchev–Trinajstić information content (AvgIpc) is 2.58. The molecule has 0 rings (SSSR count). The molecule has 0 saturated carbocycles. The maximum Gasteiger partial charge on any atom is 0.495 e. The molecule has 0 heterocycles. The van der Waals surface area contributed by atoms with Crippen LogP contribution in [0.2, 0.25) is 0 Å². The Kier molecular flexibility index (Phi) is 14.7. The maximum atomic E-state index is 13.4. The zero-order valence-corrected chi connectivity index (χ0v) is 17.2. The minimum absolute atomic E-state index is 0.0941. The summed E-state index contributed by atoms with van der Waals surface area (Å²) in [5.41, 5.74) is 0. The third-order valence-electron chi connectivity index (χ3n) is 2.99. The highest BCUT2D eigenvalue weighted by Crippen LogP contribution is 2.33. The van der Waals surface area contributed by atoms with E-state index in [4.69, 9.17) is 9.84 Å². The minimum atomic E-state index is -5.37. The van der Waals surface area contributed by atoms with Crippen LogP contribution >= 0.6 is 0 Å². The van der Waals surface area contributed by atoms with Gasteiger partial charge in [-0.2, -0.15) is 17.6 Å². The molecule has 188 valence electrons. The molecule has 1 unspecified atom stereocenters. The Morgan fingerprint density at radius 2 is 1.26 bits per heavy atom. The van der Waals surface area contributed by atoms with Crippen molar-refractivity contribution < 1.29 is 65.0 Å². The smallest absolute Gasteiger partial charge is 0.394 e. The molecule has 0 aromatic carbocycles. The lowest BCUT2D eigenvalue weighted by Crippen LogP contribution is -2.44. The van der Waals surface area contributed by atoms with E-state index in [1.165, 1.54) is 0 Å². The second-order valence-electron chi connectivity index (χ2n) is 6.38. The number of hydrogen-bond acceptors (Lipinski definition) is 9. The van der Waals surface area contributed by atoms with Gasteiger partial charge in [0, 0.05) is 6.54 Å². The quantitative estimate of drug-likeness (QED) is 0.149. The molecule has 2 N–H and O–H groups in total. The zero-order valence-electron chi connectivity index (χ0n) is 17.2. The molecule has 9 nitrogen and oxygen atoms in total. The van der Waals surface area contributed by atoms with Crippen molar-refractivity contribution in [3.05, 3.63) is 0 Å². The fourth-order valence-corrected chi connectivity index (χ4v) is 1.73. The highest BCUT2D eigenvalue weighted by atomic mass is 19.3. The van der Waals surface area contributed by atoms with Gasteiger partial charge < -0.3 is 34.1 Å². The van der Waals surface area contributed by atoms with Gasteiger partial charge in [0.25, 0.3) is 0 Å². The highest BCUT2D eigenvalue weighted by Gasteiger charge is 2.52. The van der Waals surface area contributed by atoms with Crippen LogP contribution in [0.4, 0.5) is 26.3 Å². The van der Waals surface area contributed by atoms with E-state index in [9.17, 15) is 31.4 Å². The van der Waals surface area contributed by atoms with Crippen molar-refractivity contribution in [2.45, 2.75) is 24.6 Å². The summed E-state index contributed by atoms with van der Waals surface area (Å²) in [7, 11) is 3.57. The molecule has 0 aromatic heterocycles. The molecule has 0 radical (unpaired) electrons. The van der Waals surface area contributed by atoms with E-state index in [1.54, 1.807) is 14.1 Å². The molecule has 1 atom stereocenters. The first kappa shape index (κ1) is 30.2. The van der Waals surface area contributed by atoms with Gasteiger partial charge in [-0.3, -0.25) is 0 Å². The normalized spacial score (nSPS) is 14.4. The molecule has 0 amide bonds. The fourth-order valence-electron chi connectivity index (χ4n) is 1.73. The summed E-state index contributed by atoms with van der Waals surface area (Å²) in [5, 5.41) is 17.8. The number of nitrogens with zero attached hydrogens (tertiary/aromatic N) is 1. The van der Waals surface area contributed by atoms with Crippen molar-refractivity contribution in [3.8, 4) is 0 Å². The Morgan fingerprint density at radius 3 is 1.81 bits per heavy atom. The number of alkyl halides is 6. The molecule has 15 heteroatoms. The molecule has 0 aliphatic rings. The zero-order chi connectivity index (χ0) is 24.0. The van der Waals surface area contributed by atoms with Crippen LogP contribution in [0, 0.1) is 0 Å². The molecule has 0 aromatic rings. The maximum absolute atomic E-state index is 13.4. The molecule has 0 aliphatic heterocycles. The number of aliphatic hydroxyl groups is 2. The summed E-state index contributed by atoms with van der Waals surface area (Å²) < 4.78 is 105. The predicted octanol–water partition coefficient (Wildman–Crippen LogP) is 0.737. The van der Waals surface area contributed by atoms with E-state index >= 15 is 0 Å². The molecule has 0 saturated heterocycles. The van der Waals surface area contributed by atoms with Gasteiger partial charge in [0.1, 0.15) is 19.3 Å². The Labute approximate surface area is 175 Å². The van der Waals surface area contributed by atoms with Gasteiger partial charge in [-0.25, -0.2) is 9.47 Å². The Bertz CT molecular complexity index is 462. The van der Waals surface area contributed by atoms with Gasteiger partial charge in [0.2, 0.25) is 0 Å². The SMILES string of the molecule is CN(C)CCOCCOCC(F)(F)OC(F)(F)OC(F)(F)COCC(O)COCCO. The Balaban J connectivity index is 4.21. The molecule has 0 spiro atoms. The van der Waals surface area contributed by atoms with E-state index in [0.717, 1.165) is 0 Å². The van der Waals surface area contributed by atoms with Crippen LogP contribution < -0.4 is 0 Å². The minimum Gasteiger partial charge on any atom is -0.394 e. The third-order valence-corrected chi connectivity index (χ3v) is 2.99. The number of hydrogen-bond donors (Lipinski definition) is 2. The van der Waals surface area contributed by atoms with Crippen LogP contribution in [-0.2, 0) is 28.4 Å². The average molecular weight is 477 g/mol. The lowest BCUT2D eigenvalue weighted by molar-refractivity contribution is -0.518. The van der Waals surface area contributed by atoms with E-state index in [1.807, 2.05) is 4.90 Å². The molecule has 0 bridgehead atoms. The molecule has 0 fully saturated rings. The van der Waals surface area contributed by atoms with Gasteiger partial charge in [-0.1, -0.05) is 0 Å². The number of rotatable bonds is 20. The number of ether oxygens (including phenoxy) is 6. The van der Waals surface area contributed by atoms with E-state index < -0.39 is 44.4 Å². The summed E-state index contributed by atoms with van der Waals surface area (Å²) in [4.78, 5) is 1.81. The van der Waals surface area contributed by atoms with Gasteiger partial charge in [-0.05, 0) is 14.1 Å². The van der Waals surface area contributed by atoms with Crippen LogP contribution in [0.15, 0.2) is 0 Å².